The average Bonchev–Trinajstić information content (AvgIpc) is 2.98. The molecule has 2 aromatic rings. The van der Waals surface area contributed by atoms with Crippen LogP contribution in [0.25, 0.3) is 11.4 Å². The van der Waals surface area contributed by atoms with E-state index in [-0.39, 0.29) is 17.0 Å². The van der Waals surface area contributed by atoms with Gasteiger partial charge in [0.25, 0.3) is 0 Å². The predicted molar refractivity (Wildman–Crippen MR) is 110 cm³/mol. The molecule has 2 aliphatic heterocycles. The fourth-order valence-corrected chi connectivity index (χ4v) is 4.00. The zero-order valence-corrected chi connectivity index (χ0v) is 18.0. The van der Waals surface area contributed by atoms with Gasteiger partial charge in [0.1, 0.15) is 5.75 Å². The monoisotopic (exact) mass is 462 g/mol. The van der Waals surface area contributed by atoms with Gasteiger partial charge in [-0.25, -0.2) is 0 Å². The van der Waals surface area contributed by atoms with Gasteiger partial charge in [-0.15, -0.1) is 5.10 Å². The Bertz CT molecular complexity index is 923. The third-order valence-corrected chi connectivity index (χ3v) is 5.37. The topological polar surface area (TPSA) is 36.9 Å². The molecule has 2 aliphatic rings. The van der Waals surface area contributed by atoms with Gasteiger partial charge in [-0.2, -0.15) is 0 Å². The fraction of sp³-hybridized carbons (Fsp3) is 0.150. The molecule has 4 nitrogen and oxygen atoms in total. The first-order valence-electron chi connectivity index (χ1n) is 8.38. The molecular weight excluding hydrogens is 446 g/mol. The van der Waals surface area contributed by atoms with Gasteiger partial charge < -0.3 is 21.7 Å². The third-order valence-electron chi connectivity index (χ3n) is 4.15. The third kappa shape index (κ3) is 4.03. The molecule has 1 N–H and O–H groups in total. The minimum atomic E-state index is 0. The first-order valence-corrected chi connectivity index (χ1v) is 9.58. The minimum Gasteiger partial charge on any atom is -1.00 e. The second kappa shape index (κ2) is 8.42. The smallest absolute Gasteiger partial charge is 0.196 e. The molecule has 27 heavy (non-hydrogen) atoms. The number of halogens is 2. The highest BCUT2D eigenvalue weighted by molar-refractivity contribution is 8.17. The number of nitrogens with one attached hydrogen (secondary N) is 1. The number of fused-ring (bicyclic) bond motifs is 1. The largest absolute Gasteiger partial charge is 1.00 e. The molecule has 0 saturated carbocycles. The molecule has 0 unspecified atom stereocenters. The van der Waals surface area contributed by atoms with Crippen molar-refractivity contribution in [3.63, 3.8) is 0 Å². The van der Waals surface area contributed by atoms with E-state index in [1.54, 1.807) is 11.8 Å². The SMILES string of the molecule is CCOc1ccc(C2=C(C)SC3=NNC(c4ccc(Cl)cc4)=CN32)cc1.[Br-]. The Hall–Kier alpha value is -1.89. The number of hydrogen-bond donors (Lipinski definition) is 1. The molecule has 2 aromatic carbocycles. The van der Waals surface area contributed by atoms with E-state index in [0.717, 1.165) is 38.5 Å². The molecule has 2 heterocycles. The van der Waals surface area contributed by atoms with Crippen molar-refractivity contribution in [2.24, 2.45) is 5.10 Å². The molecule has 0 aliphatic carbocycles. The standard InChI is InChI=1S/C20H18ClN3OS.BrH/c1-3-25-17-10-6-15(7-11-17)19-13(2)26-20-23-22-18(12-24(19)20)14-4-8-16(21)9-5-14;/h4-12,22H,3H2,1-2H3;1H/p-1. The van der Waals surface area contributed by atoms with Crippen LogP contribution in [0.1, 0.15) is 25.0 Å². The van der Waals surface area contributed by atoms with Gasteiger partial charge in [-0.1, -0.05) is 35.5 Å². The fourth-order valence-electron chi connectivity index (χ4n) is 2.95. The molecule has 0 amide bonds. The van der Waals surface area contributed by atoms with Crippen LogP contribution >= 0.6 is 23.4 Å². The Morgan fingerprint density at radius 1 is 1.07 bits per heavy atom. The van der Waals surface area contributed by atoms with Gasteiger partial charge in [0.05, 0.1) is 18.0 Å². The van der Waals surface area contributed by atoms with E-state index in [1.165, 1.54) is 4.91 Å². The van der Waals surface area contributed by atoms with Crippen LogP contribution in [0.4, 0.5) is 0 Å². The molecular formula is C20H18BrClN3OS-. The first-order chi connectivity index (χ1) is 12.7. The maximum absolute atomic E-state index is 6.00. The number of benzene rings is 2. The highest BCUT2D eigenvalue weighted by Crippen LogP contribution is 2.42. The van der Waals surface area contributed by atoms with Crippen LogP contribution < -0.4 is 27.1 Å². The van der Waals surface area contributed by atoms with E-state index in [9.17, 15) is 0 Å². The highest BCUT2D eigenvalue weighted by Gasteiger charge is 2.30. The number of amidine groups is 1. The summed E-state index contributed by atoms with van der Waals surface area (Å²) in [5.41, 5.74) is 7.40. The summed E-state index contributed by atoms with van der Waals surface area (Å²) in [5.74, 6) is 0.881. The van der Waals surface area contributed by atoms with Gasteiger partial charge >= 0.3 is 0 Å². The second-order valence-electron chi connectivity index (χ2n) is 5.89. The number of hydrogen-bond acceptors (Lipinski definition) is 5. The van der Waals surface area contributed by atoms with Gasteiger partial charge in [0.2, 0.25) is 0 Å². The van der Waals surface area contributed by atoms with Crippen molar-refractivity contribution in [2.75, 3.05) is 6.61 Å². The van der Waals surface area contributed by atoms with E-state index in [2.05, 4.69) is 40.7 Å². The quantitative estimate of drug-likeness (QED) is 0.755. The molecule has 4 rings (SSSR count). The molecule has 0 fully saturated rings. The summed E-state index contributed by atoms with van der Waals surface area (Å²) in [4.78, 5) is 3.35. The molecule has 0 saturated heterocycles. The Balaban J connectivity index is 0.00000210. The summed E-state index contributed by atoms with van der Waals surface area (Å²) in [5, 5.41) is 6.17. The van der Waals surface area contributed by atoms with Crippen LogP contribution in [-0.4, -0.2) is 16.7 Å². The number of nitrogens with zero attached hydrogens (tertiary/aromatic N) is 2. The Morgan fingerprint density at radius 2 is 1.74 bits per heavy atom. The van der Waals surface area contributed by atoms with Crippen LogP contribution in [0, 0.1) is 0 Å². The van der Waals surface area contributed by atoms with Crippen LogP contribution in [0.3, 0.4) is 0 Å². The molecule has 0 spiro atoms. The van der Waals surface area contributed by atoms with Crippen molar-refractivity contribution in [1.82, 2.24) is 10.3 Å². The van der Waals surface area contributed by atoms with E-state index in [1.807, 2.05) is 43.3 Å². The highest BCUT2D eigenvalue weighted by atomic mass is 79.9. The van der Waals surface area contributed by atoms with E-state index < -0.39 is 0 Å². The zero-order valence-electron chi connectivity index (χ0n) is 14.9. The van der Waals surface area contributed by atoms with Crippen molar-refractivity contribution in [3.05, 3.63) is 75.8 Å². The second-order valence-corrected chi connectivity index (χ2v) is 7.51. The number of allylic oxidation sites excluding steroid dienone is 1. The van der Waals surface area contributed by atoms with Gasteiger partial charge in [-0.3, -0.25) is 10.3 Å². The van der Waals surface area contributed by atoms with Crippen molar-refractivity contribution in [1.29, 1.82) is 0 Å². The van der Waals surface area contributed by atoms with Crippen LogP contribution in [0.15, 0.2) is 64.7 Å². The van der Waals surface area contributed by atoms with E-state index in [0.29, 0.717) is 6.61 Å². The maximum Gasteiger partial charge on any atom is 0.196 e. The molecule has 0 bridgehead atoms. The lowest BCUT2D eigenvalue weighted by Gasteiger charge is -2.24. The van der Waals surface area contributed by atoms with Gasteiger partial charge in [0, 0.05) is 21.7 Å². The minimum absolute atomic E-state index is 0. The van der Waals surface area contributed by atoms with E-state index >= 15 is 0 Å². The summed E-state index contributed by atoms with van der Waals surface area (Å²) in [6.07, 6.45) is 2.08. The molecule has 0 aromatic heterocycles. The number of thioether (sulfide) groups is 1. The zero-order chi connectivity index (χ0) is 18.1. The lowest BCUT2D eigenvalue weighted by atomic mass is 10.1. The normalized spacial score (nSPS) is 15.4. The van der Waals surface area contributed by atoms with Crippen molar-refractivity contribution in [2.45, 2.75) is 13.8 Å². The number of ether oxygens (including phenoxy) is 1. The Labute approximate surface area is 178 Å². The summed E-state index contributed by atoms with van der Waals surface area (Å²) < 4.78 is 5.55. The van der Waals surface area contributed by atoms with Crippen LogP contribution in [-0.2, 0) is 0 Å². The first kappa shape index (κ1) is 19.9. The van der Waals surface area contributed by atoms with E-state index in [4.69, 9.17) is 16.3 Å². The Morgan fingerprint density at radius 3 is 2.41 bits per heavy atom. The molecule has 7 heteroatoms. The summed E-state index contributed by atoms with van der Waals surface area (Å²) >= 11 is 7.66. The van der Waals surface area contributed by atoms with Crippen LogP contribution in [0.2, 0.25) is 5.02 Å². The predicted octanol–water partition coefficient (Wildman–Crippen LogP) is 2.35. The van der Waals surface area contributed by atoms with Crippen molar-refractivity contribution in [3.8, 4) is 5.75 Å². The summed E-state index contributed by atoms with van der Waals surface area (Å²) in [7, 11) is 0. The van der Waals surface area contributed by atoms with Crippen LogP contribution in [0.5, 0.6) is 5.75 Å². The van der Waals surface area contributed by atoms with Crippen molar-refractivity contribution < 1.29 is 21.7 Å². The molecule has 140 valence electrons. The van der Waals surface area contributed by atoms with Gasteiger partial charge in [0.15, 0.2) is 5.17 Å². The maximum atomic E-state index is 6.00. The Kier molecular flexibility index (Phi) is 6.19. The average molecular weight is 464 g/mol. The lowest BCUT2D eigenvalue weighted by molar-refractivity contribution is -0.00000562. The summed E-state index contributed by atoms with van der Waals surface area (Å²) in [6.45, 7) is 4.77. The molecule has 0 radical (unpaired) electrons. The number of hydrazone groups is 1. The number of rotatable bonds is 4. The molecule has 0 atom stereocenters. The summed E-state index contributed by atoms with van der Waals surface area (Å²) in [6, 6.07) is 15.9. The van der Waals surface area contributed by atoms with Gasteiger partial charge in [-0.05, 0) is 55.8 Å². The lowest BCUT2D eigenvalue weighted by Crippen LogP contribution is -3.00. The van der Waals surface area contributed by atoms with Crippen molar-refractivity contribution >= 4 is 39.9 Å².